The zero-order valence-electron chi connectivity index (χ0n) is 4.89. The van der Waals surface area contributed by atoms with E-state index in [2.05, 4.69) is 0 Å². The first-order valence-electron chi connectivity index (χ1n) is 2.19. The Morgan fingerprint density at radius 3 is 1.30 bits per heavy atom. The van der Waals surface area contributed by atoms with Crippen LogP contribution in [0.2, 0.25) is 0 Å². The van der Waals surface area contributed by atoms with Gasteiger partial charge in [-0.05, 0) is 6.92 Å². The molecule has 0 fully saturated rings. The van der Waals surface area contributed by atoms with E-state index in [9.17, 15) is 22.0 Å². The van der Waals surface area contributed by atoms with Crippen LogP contribution in [0.5, 0.6) is 0 Å². The Labute approximate surface area is 53.6 Å². The molecule has 0 saturated heterocycles. The molecular weight excluding hydrogens is 155 g/mol. The average molecular weight is 158 g/mol. The second-order valence-corrected chi connectivity index (χ2v) is 1.42. The van der Waals surface area contributed by atoms with E-state index in [1.54, 1.807) is 0 Å². The quantitative estimate of drug-likeness (QED) is 0.406. The third-order valence-corrected chi connectivity index (χ3v) is 0.661. The molecule has 0 N–H and O–H groups in total. The van der Waals surface area contributed by atoms with Gasteiger partial charge in [-0.3, -0.25) is 0 Å². The number of hydrogen-bond donors (Lipinski definition) is 0. The minimum absolute atomic E-state index is 0.540. The standard InChI is InChI=1S/C5H3F5/c1-2(6)3(7)4(8)5(9)10/h1H3. The Hall–Kier alpha value is -0.870. The summed E-state index contributed by atoms with van der Waals surface area (Å²) in [6.45, 7) is 0.540. The summed E-state index contributed by atoms with van der Waals surface area (Å²) in [6, 6.07) is 0. The van der Waals surface area contributed by atoms with Crippen LogP contribution in [0.3, 0.4) is 0 Å². The van der Waals surface area contributed by atoms with Crippen molar-refractivity contribution in [1.82, 2.24) is 0 Å². The van der Waals surface area contributed by atoms with Crippen LogP contribution in [0.15, 0.2) is 23.6 Å². The van der Waals surface area contributed by atoms with Gasteiger partial charge in [0.15, 0.2) is 5.83 Å². The van der Waals surface area contributed by atoms with Crippen LogP contribution >= 0.6 is 0 Å². The van der Waals surface area contributed by atoms with Crippen molar-refractivity contribution in [2.75, 3.05) is 0 Å². The van der Waals surface area contributed by atoms with Crippen LogP contribution in [0.1, 0.15) is 6.92 Å². The van der Waals surface area contributed by atoms with E-state index in [0.29, 0.717) is 6.92 Å². The molecule has 0 saturated carbocycles. The summed E-state index contributed by atoms with van der Waals surface area (Å²) in [5.41, 5.74) is 0. The smallest absolute Gasteiger partial charge is 0.209 e. The predicted molar refractivity (Wildman–Crippen MR) is 25.3 cm³/mol. The highest BCUT2D eigenvalue weighted by atomic mass is 19.3. The molecule has 0 spiro atoms. The molecular formula is C5H3F5. The lowest BCUT2D eigenvalue weighted by Gasteiger charge is -1.89. The Morgan fingerprint density at radius 2 is 1.20 bits per heavy atom. The highest BCUT2D eigenvalue weighted by molar-refractivity contribution is 5.20. The van der Waals surface area contributed by atoms with Crippen molar-refractivity contribution in [2.45, 2.75) is 6.92 Å². The van der Waals surface area contributed by atoms with Crippen molar-refractivity contribution in [3.05, 3.63) is 23.6 Å². The van der Waals surface area contributed by atoms with Crippen LogP contribution < -0.4 is 0 Å². The van der Waals surface area contributed by atoms with E-state index in [-0.39, 0.29) is 0 Å². The second-order valence-electron chi connectivity index (χ2n) is 1.42. The molecule has 0 unspecified atom stereocenters. The van der Waals surface area contributed by atoms with Crippen LogP contribution in [-0.4, -0.2) is 0 Å². The Balaban J connectivity index is 4.71. The van der Waals surface area contributed by atoms with Gasteiger partial charge in [0.2, 0.25) is 5.83 Å². The molecule has 0 bridgehead atoms. The van der Waals surface area contributed by atoms with Crippen LogP contribution in [0.25, 0.3) is 0 Å². The lowest BCUT2D eigenvalue weighted by molar-refractivity contribution is 0.366. The Bertz CT molecular complexity index is 160. The summed E-state index contributed by atoms with van der Waals surface area (Å²) in [5.74, 6) is -6.20. The summed E-state index contributed by atoms with van der Waals surface area (Å²) in [7, 11) is 0. The molecule has 10 heavy (non-hydrogen) atoms. The number of allylic oxidation sites excluding steroid dienone is 3. The van der Waals surface area contributed by atoms with E-state index in [1.807, 2.05) is 0 Å². The highest BCUT2D eigenvalue weighted by Crippen LogP contribution is 2.22. The molecule has 0 nitrogen and oxygen atoms in total. The van der Waals surface area contributed by atoms with Gasteiger partial charge in [0.25, 0.3) is 0 Å². The topological polar surface area (TPSA) is 0 Å². The molecule has 0 amide bonds. The van der Waals surface area contributed by atoms with Crippen LogP contribution in [0.4, 0.5) is 22.0 Å². The molecule has 0 aromatic rings. The number of hydrogen-bond acceptors (Lipinski definition) is 0. The van der Waals surface area contributed by atoms with Crippen molar-refractivity contribution in [3.63, 3.8) is 0 Å². The van der Waals surface area contributed by atoms with Crippen LogP contribution in [0, 0.1) is 0 Å². The van der Waals surface area contributed by atoms with Gasteiger partial charge >= 0.3 is 6.08 Å². The average Bonchev–Trinajstić information content (AvgIpc) is 1.84. The normalized spacial score (nSPS) is 12.6. The molecule has 0 aliphatic carbocycles. The SMILES string of the molecule is CC(F)=C(F)C(F)=C(F)F. The molecule has 58 valence electrons. The van der Waals surface area contributed by atoms with Gasteiger partial charge < -0.3 is 0 Å². The maximum atomic E-state index is 11.8. The van der Waals surface area contributed by atoms with Gasteiger partial charge in [-0.1, -0.05) is 0 Å². The minimum Gasteiger partial charge on any atom is -0.209 e. The molecule has 0 atom stereocenters. The monoisotopic (exact) mass is 158 g/mol. The number of halogens is 5. The van der Waals surface area contributed by atoms with Crippen molar-refractivity contribution in [1.29, 1.82) is 0 Å². The molecule has 0 aromatic heterocycles. The van der Waals surface area contributed by atoms with Gasteiger partial charge in [-0.2, -0.15) is 13.2 Å². The van der Waals surface area contributed by atoms with Gasteiger partial charge in [0, 0.05) is 0 Å². The summed E-state index contributed by atoms with van der Waals surface area (Å²) >= 11 is 0. The fourth-order valence-electron chi connectivity index (χ4n) is 0.234. The first kappa shape index (κ1) is 9.13. The van der Waals surface area contributed by atoms with E-state index in [1.165, 1.54) is 0 Å². The Kier molecular flexibility index (Phi) is 3.05. The van der Waals surface area contributed by atoms with E-state index < -0.39 is 23.6 Å². The van der Waals surface area contributed by atoms with E-state index >= 15 is 0 Å². The molecule has 0 heterocycles. The molecule has 5 heteroatoms. The van der Waals surface area contributed by atoms with Gasteiger partial charge in [0.05, 0.1) is 0 Å². The van der Waals surface area contributed by atoms with E-state index in [0.717, 1.165) is 0 Å². The zero-order chi connectivity index (χ0) is 8.31. The van der Waals surface area contributed by atoms with Gasteiger partial charge in [-0.25, -0.2) is 8.78 Å². The Morgan fingerprint density at radius 1 is 0.800 bits per heavy atom. The summed E-state index contributed by atoms with van der Waals surface area (Å²) in [4.78, 5) is 0. The largest absolute Gasteiger partial charge is 0.308 e. The summed E-state index contributed by atoms with van der Waals surface area (Å²) in [6.07, 6.45) is -2.87. The van der Waals surface area contributed by atoms with Gasteiger partial charge in [-0.15, -0.1) is 0 Å². The fraction of sp³-hybridized carbons (Fsp3) is 0.200. The summed E-state index contributed by atoms with van der Waals surface area (Å²) < 4.78 is 57.2. The van der Waals surface area contributed by atoms with Crippen molar-refractivity contribution >= 4 is 0 Å². The fourth-order valence-corrected chi connectivity index (χ4v) is 0.234. The predicted octanol–water partition coefficient (Wildman–Crippen LogP) is 3.23. The number of rotatable bonds is 1. The van der Waals surface area contributed by atoms with Crippen LogP contribution in [-0.2, 0) is 0 Å². The molecule has 0 radical (unpaired) electrons. The molecule has 0 aliphatic rings. The first-order chi connectivity index (χ1) is 4.46. The lowest BCUT2D eigenvalue weighted by Crippen LogP contribution is -1.79. The summed E-state index contributed by atoms with van der Waals surface area (Å²) in [5, 5.41) is 0. The molecule has 0 rings (SSSR count). The third-order valence-electron chi connectivity index (χ3n) is 0.661. The zero-order valence-corrected chi connectivity index (χ0v) is 4.89. The van der Waals surface area contributed by atoms with E-state index in [4.69, 9.17) is 0 Å². The first-order valence-corrected chi connectivity index (χ1v) is 2.19. The highest BCUT2D eigenvalue weighted by Gasteiger charge is 2.14. The maximum absolute atomic E-state index is 11.8. The second kappa shape index (κ2) is 3.34. The molecule has 0 aliphatic heterocycles. The van der Waals surface area contributed by atoms with Gasteiger partial charge in [0.1, 0.15) is 5.83 Å². The maximum Gasteiger partial charge on any atom is 0.308 e. The van der Waals surface area contributed by atoms with Crippen molar-refractivity contribution < 1.29 is 22.0 Å². The lowest BCUT2D eigenvalue weighted by atomic mass is 10.4. The van der Waals surface area contributed by atoms with Crippen molar-refractivity contribution in [2.24, 2.45) is 0 Å². The molecule has 0 aromatic carbocycles. The van der Waals surface area contributed by atoms with Crippen molar-refractivity contribution in [3.8, 4) is 0 Å². The third kappa shape index (κ3) is 2.16. The minimum atomic E-state index is -2.87.